The van der Waals surface area contributed by atoms with Gasteiger partial charge in [-0.2, -0.15) is 0 Å². The summed E-state index contributed by atoms with van der Waals surface area (Å²) in [6.07, 6.45) is 13.1. The number of hydrogen-bond donors (Lipinski definition) is 0. The Balaban J connectivity index is 0.000000650. The topological polar surface area (TPSA) is 18.5 Å². The minimum absolute atomic E-state index is 0.744. The molecule has 2 nitrogen and oxygen atoms in total. The number of ether oxygens (including phenoxy) is 2. The zero-order valence-corrected chi connectivity index (χ0v) is 16.6. The molecule has 0 saturated heterocycles. The summed E-state index contributed by atoms with van der Waals surface area (Å²) >= 11 is 5.89. The average molecular weight is 355 g/mol. The van der Waals surface area contributed by atoms with Gasteiger partial charge in [-0.3, -0.25) is 0 Å². The Bertz CT molecular complexity index is 412. The second-order valence-electron chi connectivity index (χ2n) is 5.66. The van der Waals surface area contributed by atoms with Crippen LogP contribution in [0.25, 0.3) is 0 Å². The lowest BCUT2D eigenvalue weighted by Gasteiger charge is -2.09. The molecular weight excluding hydrogens is 320 g/mol. The van der Waals surface area contributed by atoms with Gasteiger partial charge >= 0.3 is 0 Å². The second-order valence-corrected chi connectivity index (χ2v) is 6.09. The van der Waals surface area contributed by atoms with Gasteiger partial charge in [0.2, 0.25) is 0 Å². The lowest BCUT2D eigenvalue weighted by Crippen LogP contribution is -1.99. The van der Waals surface area contributed by atoms with Gasteiger partial charge < -0.3 is 9.47 Å². The molecule has 0 amide bonds. The van der Waals surface area contributed by atoms with Crippen LogP contribution >= 0.6 is 11.6 Å². The van der Waals surface area contributed by atoms with Gasteiger partial charge in [-0.1, -0.05) is 69.7 Å². The van der Waals surface area contributed by atoms with Crippen molar-refractivity contribution in [1.29, 1.82) is 0 Å². The fourth-order valence-corrected chi connectivity index (χ4v) is 2.90. The minimum Gasteiger partial charge on any atom is -0.505 e. The molecular formula is C21H35ClO2. The summed E-state index contributed by atoms with van der Waals surface area (Å²) in [6, 6.07) is 7.63. The van der Waals surface area contributed by atoms with Crippen LogP contribution in [0.2, 0.25) is 5.02 Å². The Labute approximate surface area is 154 Å². The third kappa shape index (κ3) is 12.3. The number of benzene rings is 1. The van der Waals surface area contributed by atoms with Crippen molar-refractivity contribution >= 4 is 11.6 Å². The molecule has 0 spiro atoms. The maximum absolute atomic E-state index is 5.89. The van der Waals surface area contributed by atoms with E-state index in [0.29, 0.717) is 0 Å². The quantitative estimate of drug-likeness (QED) is 0.378. The number of unbranched alkanes of at least 4 members (excludes halogenated alkanes) is 1. The van der Waals surface area contributed by atoms with E-state index in [1.54, 1.807) is 13.4 Å². The van der Waals surface area contributed by atoms with Crippen molar-refractivity contribution in [3.8, 4) is 5.75 Å². The summed E-state index contributed by atoms with van der Waals surface area (Å²) < 4.78 is 10.2. The first-order valence-electron chi connectivity index (χ1n) is 9.28. The third-order valence-corrected chi connectivity index (χ3v) is 4.05. The Hall–Kier alpha value is -1.15. The van der Waals surface area contributed by atoms with E-state index in [-0.39, 0.29) is 0 Å². The van der Waals surface area contributed by atoms with Crippen molar-refractivity contribution in [2.24, 2.45) is 5.92 Å². The van der Waals surface area contributed by atoms with Gasteiger partial charge in [-0.25, -0.2) is 0 Å². The van der Waals surface area contributed by atoms with E-state index in [1.807, 2.05) is 51.1 Å². The van der Waals surface area contributed by atoms with E-state index in [1.165, 1.54) is 38.5 Å². The second kappa shape index (κ2) is 16.7. The summed E-state index contributed by atoms with van der Waals surface area (Å²) in [5.74, 6) is 1.89. The molecule has 0 aliphatic heterocycles. The zero-order chi connectivity index (χ0) is 18.0. The van der Waals surface area contributed by atoms with Crippen LogP contribution in [0.1, 0.15) is 65.7 Å². The number of allylic oxidation sites excluding steroid dienone is 1. The predicted molar refractivity (Wildman–Crippen MR) is 106 cm³/mol. The van der Waals surface area contributed by atoms with Crippen LogP contribution in [0.15, 0.2) is 36.6 Å². The lowest BCUT2D eigenvalue weighted by atomic mass is 10.0. The highest BCUT2D eigenvalue weighted by atomic mass is 35.5. The highest BCUT2D eigenvalue weighted by Crippen LogP contribution is 2.28. The van der Waals surface area contributed by atoms with E-state index in [2.05, 4.69) is 4.74 Å². The number of rotatable bonds is 7. The summed E-state index contributed by atoms with van der Waals surface area (Å²) in [5, 5.41) is 0.744. The highest BCUT2D eigenvalue weighted by Gasteiger charge is 2.13. The molecule has 1 aliphatic carbocycles. The van der Waals surface area contributed by atoms with Crippen LogP contribution in [0.4, 0.5) is 0 Å². The average Bonchev–Trinajstić information content (AvgIpc) is 3.11. The molecule has 1 saturated carbocycles. The van der Waals surface area contributed by atoms with Gasteiger partial charge in [0.15, 0.2) is 0 Å². The van der Waals surface area contributed by atoms with Crippen LogP contribution in [-0.4, -0.2) is 13.7 Å². The van der Waals surface area contributed by atoms with Crippen molar-refractivity contribution in [3.63, 3.8) is 0 Å². The maximum Gasteiger partial charge on any atom is 0.120 e. The smallest absolute Gasteiger partial charge is 0.120 e. The molecule has 0 N–H and O–H groups in total. The molecule has 1 aromatic carbocycles. The molecule has 24 heavy (non-hydrogen) atoms. The molecule has 1 aromatic rings. The Morgan fingerprint density at radius 2 is 1.88 bits per heavy atom. The largest absolute Gasteiger partial charge is 0.505 e. The maximum atomic E-state index is 5.89. The number of methoxy groups -OCH3 is 1. The highest BCUT2D eigenvalue weighted by molar-refractivity contribution is 6.30. The lowest BCUT2D eigenvalue weighted by molar-refractivity contribution is 0.299. The Morgan fingerprint density at radius 3 is 2.42 bits per heavy atom. The Kier molecular flexibility index (Phi) is 15.9. The molecule has 138 valence electrons. The monoisotopic (exact) mass is 354 g/mol. The number of hydrogen-bond acceptors (Lipinski definition) is 2. The van der Waals surface area contributed by atoms with Crippen LogP contribution in [0, 0.1) is 5.92 Å². The van der Waals surface area contributed by atoms with E-state index in [9.17, 15) is 0 Å². The molecule has 0 atom stereocenters. The third-order valence-electron chi connectivity index (χ3n) is 3.82. The molecule has 0 unspecified atom stereocenters. The fourth-order valence-electron chi connectivity index (χ4n) is 2.72. The van der Waals surface area contributed by atoms with Crippen LogP contribution in [0.5, 0.6) is 5.75 Å². The molecule has 1 aliphatic rings. The van der Waals surface area contributed by atoms with Gasteiger partial charge in [0.25, 0.3) is 0 Å². The van der Waals surface area contributed by atoms with E-state index in [0.717, 1.165) is 29.7 Å². The summed E-state index contributed by atoms with van der Waals surface area (Å²) in [6.45, 7) is 6.72. The van der Waals surface area contributed by atoms with E-state index < -0.39 is 0 Å². The zero-order valence-electron chi connectivity index (χ0n) is 15.9. The van der Waals surface area contributed by atoms with Crippen LogP contribution in [-0.2, 0) is 4.74 Å². The fraction of sp³-hybridized carbons (Fsp3) is 0.619. The minimum atomic E-state index is 0.744. The van der Waals surface area contributed by atoms with Crippen molar-refractivity contribution in [3.05, 3.63) is 41.6 Å². The first-order valence-corrected chi connectivity index (χ1v) is 9.66. The molecule has 2 rings (SSSR count). The SMILES string of the molecule is C/C=C/OC.CC.Clc1cccc(OCCCCC2CCCC2)c1. The predicted octanol–water partition coefficient (Wildman–Crippen LogP) is 7.27. The van der Waals surface area contributed by atoms with Gasteiger partial charge in [0, 0.05) is 5.02 Å². The molecule has 0 radical (unpaired) electrons. The Morgan fingerprint density at radius 1 is 1.17 bits per heavy atom. The van der Waals surface area contributed by atoms with Gasteiger partial charge in [-0.15, -0.1) is 0 Å². The van der Waals surface area contributed by atoms with Gasteiger partial charge in [-0.05, 0) is 43.9 Å². The molecule has 0 heterocycles. The van der Waals surface area contributed by atoms with Crippen molar-refractivity contribution < 1.29 is 9.47 Å². The van der Waals surface area contributed by atoms with E-state index >= 15 is 0 Å². The molecule has 0 aromatic heterocycles. The normalized spacial score (nSPS) is 13.7. The van der Waals surface area contributed by atoms with Crippen LogP contribution < -0.4 is 4.74 Å². The first kappa shape index (κ1) is 22.9. The van der Waals surface area contributed by atoms with E-state index in [4.69, 9.17) is 16.3 Å². The summed E-state index contributed by atoms with van der Waals surface area (Å²) in [4.78, 5) is 0. The molecule has 1 fully saturated rings. The standard InChI is InChI=1S/C15H21ClO.C4H8O.C2H6/c16-14-9-5-10-15(12-14)17-11-4-3-8-13-6-1-2-7-13;1-3-4-5-2;1-2/h5,9-10,12-13H,1-4,6-8,11H2;3-4H,1-2H3;1-2H3/b;4-3+;. The number of halogens is 1. The first-order chi connectivity index (χ1) is 11.8. The van der Waals surface area contributed by atoms with Crippen molar-refractivity contribution in [2.45, 2.75) is 65.7 Å². The van der Waals surface area contributed by atoms with Crippen molar-refractivity contribution in [1.82, 2.24) is 0 Å². The summed E-state index contributed by atoms with van der Waals surface area (Å²) in [7, 11) is 1.62. The van der Waals surface area contributed by atoms with Gasteiger partial charge in [0.05, 0.1) is 20.0 Å². The van der Waals surface area contributed by atoms with Crippen LogP contribution in [0.3, 0.4) is 0 Å². The van der Waals surface area contributed by atoms with Gasteiger partial charge in [0.1, 0.15) is 5.75 Å². The molecule has 0 bridgehead atoms. The summed E-state index contributed by atoms with van der Waals surface area (Å²) in [5.41, 5.74) is 0. The van der Waals surface area contributed by atoms with Crippen molar-refractivity contribution in [2.75, 3.05) is 13.7 Å². The molecule has 3 heteroatoms.